The van der Waals surface area contributed by atoms with Gasteiger partial charge in [0, 0.05) is 11.7 Å². The van der Waals surface area contributed by atoms with Gasteiger partial charge in [0.15, 0.2) is 0 Å². The van der Waals surface area contributed by atoms with E-state index in [1.807, 2.05) is 32.1 Å². The van der Waals surface area contributed by atoms with Gasteiger partial charge < -0.3 is 5.32 Å². The Morgan fingerprint density at radius 2 is 2.06 bits per heavy atom. The van der Waals surface area contributed by atoms with Gasteiger partial charge in [-0.1, -0.05) is 32.1 Å². The maximum atomic E-state index is 12.9. The number of anilines is 1. The lowest BCUT2D eigenvalue weighted by molar-refractivity contribution is 0.628. The summed E-state index contributed by atoms with van der Waals surface area (Å²) >= 11 is 0. The number of hydrogen-bond acceptors (Lipinski definition) is 1. The van der Waals surface area contributed by atoms with Crippen LogP contribution in [-0.4, -0.2) is 6.04 Å². The van der Waals surface area contributed by atoms with E-state index in [1.165, 1.54) is 12.1 Å². The Balaban J connectivity index is 0.00000121. The second kappa shape index (κ2) is 9.64. The summed E-state index contributed by atoms with van der Waals surface area (Å²) in [5.74, 6) is -0.230. The van der Waals surface area contributed by atoms with Crippen LogP contribution in [0.1, 0.15) is 26.7 Å². The first-order valence-corrected chi connectivity index (χ1v) is 6.02. The lowest BCUT2D eigenvalue weighted by Gasteiger charge is -2.15. The maximum absolute atomic E-state index is 12.9. The zero-order chi connectivity index (χ0) is 13.1. The van der Waals surface area contributed by atoms with Crippen molar-refractivity contribution < 1.29 is 4.39 Å². The highest BCUT2D eigenvalue weighted by Crippen LogP contribution is 2.13. The van der Waals surface area contributed by atoms with Gasteiger partial charge in [-0.05, 0) is 31.0 Å². The molecular formula is C15H22FN. The third-order valence-electron chi connectivity index (χ3n) is 2.14. The zero-order valence-electron chi connectivity index (χ0n) is 10.7. The van der Waals surface area contributed by atoms with E-state index in [9.17, 15) is 4.39 Å². The lowest BCUT2D eigenvalue weighted by atomic mass is 10.1. The lowest BCUT2D eigenvalue weighted by Crippen LogP contribution is -2.15. The molecule has 1 aromatic rings. The van der Waals surface area contributed by atoms with Crippen molar-refractivity contribution in [3.63, 3.8) is 0 Å². The molecule has 1 nitrogen and oxygen atoms in total. The van der Waals surface area contributed by atoms with Crippen LogP contribution in [0.3, 0.4) is 0 Å². The van der Waals surface area contributed by atoms with Crippen molar-refractivity contribution in [3.05, 3.63) is 55.4 Å². The van der Waals surface area contributed by atoms with Crippen molar-refractivity contribution in [1.82, 2.24) is 0 Å². The third-order valence-corrected chi connectivity index (χ3v) is 2.14. The molecule has 1 unspecified atom stereocenters. The number of allylic oxidation sites excluding steroid dienone is 1. The largest absolute Gasteiger partial charge is 0.379 e. The molecule has 0 aliphatic heterocycles. The van der Waals surface area contributed by atoms with Crippen molar-refractivity contribution in [2.24, 2.45) is 0 Å². The van der Waals surface area contributed by atoms with E-state index in [1.54, 1.807) is 6.07 Å². The van der Waals surface area contributed by atoms with Crippen molar-refractivity contribution >= 4 is 5.69 Å². The molecule has 0 bridgehead atoms. The van der Waals surface area contributed by atoms with E-state index in [2.05, 4.69) is 18.5 Å². The predicted molar refractivity (Wildman–Crippen MR) is 74.8 cm³/mol. The quantitative estimate of drug-likeness (QED) is 0.699. The summed E-state index contributed by atoms with van der Waals surface area (Å²) in [7, 11) is 0. The molecule has 0 saturated carbocycles. The molecule has 0 aliphatic carbocycles. The van der Waals surface area contributed by atoms with Crippen LogP contribution in [0, 0.1) is 5.82 Å². The summed E-state index contributed by atoms with van der Waals surface area (Å²) in [5, 5.41) is 3.20. The highest BCUT2D eigenvalue weighted by Gasteiger charge is 2.02. The van der Waals surface area contributed by atoms with E-state index in [0.29, 0.717) is 0 Å². The average Bonchev–Trinajstić information content (AvgIpc) is 2.37. The molecular weight excluding hydrogens is 213 g/mol. The smallest absolute Gasteiger partial charge is 0.125 e. The first-order chi connectivity index (χ1) is 8.26. The minimum Gasteiger partial charge on any atom is -0.379 e. The fourth-order valence-electron chi connectivity index (χ4n) is 1.34. The molecule has 0 saturated heterocycles. The van der Waals surface area contributed by atoms with Gasteiger partial charge >= 0.3 is 0 Å². The van der Waals surface area contributed by atoms with Crippen LogP contribution < -0.4 is 5.32 Å². The summed E-state index contributed by atoms with van der Waals surface area (Å²) < 4.78 is 12.9. The molecule has 0 fully saturated rings. The summed E-state index contributed by atoms with van der Waals surface area (Å²) in [6.07, 6.45) is 5.53. The minimum absolute atomic E-state index is 0.157. The molecule has 1 rings (SSSR count). The summed E-state index contributed by atoms with van der Waals surface area (Å²) in [6, 6.07) is 6.59. The normalized spacial score (nSPS) is 10.8. The monoisotopic (exact) mass is 235 g/mol. The molecule has 94 valence electrons. The summed E-state index contributed by atoms with van der Waals surface area (Å²) in [5.41, 5.74) is 0.781. The van der Waals surface area contributed by atoms with E-state index in [-0.39, 0.29) is 11.9 Å². The molecule has 0 aliphatic rings. The topological polar surface area (TPSA) is 12.0 Å². The van der Waals surface area contributed by atoms with Crippen LogP contribution in [-0.2, 0) is 0 Å². The number of rotatable bonds is 6. The molecule has 2 heteroatoms. The van der Waals surface area contributed by atoms with Gasteiger partial charge in [-0.25, -0.2) is 4.39 Å². The highest BCUT2D eigenvalue weighted by atomic mass is 19.1. The Hall–Kier alpha value is -1.57. The second-order valence-corrected chi connectivity index (χ2v) is 3.36. The Morgan fingerprint density at radius 3 is 2.59 bits per heavy atom. The van der Waals surface area contributed by atoms with Crippen molar-refractivity contribution in [2.75, 3.05) is 5.32 Å². The third kappa shape index (κ3) is 6.56. The van der Waals surface area contributed by atoms with Crippen molar-refractivity contribution in [1.29, 1.82) is 0 Å². The van der Waals surface area contributed by atoms with Crippen LogP contribution in [0.5, 0.6) is 0 Å². The molecule has 1 atom stereocenters. The molecule has 0 heterocycles. The summed E-state index contributed by atoms with van der Waals surface area (Å²) in [4.78, 5) is 0. The van der Waals surface area contributed by atoms with Gasteiger partial charge in [0.1, 0.15) is 5.82 Å². The molecule has 1 aromatic carbocycles. The fraction of sp³-hybridized carbons (Fsp3) is 0.333. The van der Waals surface area contributed by atoms with Gasteiger partial charge in [0.05, 0.1) is 0 Å². The molecule has 1 N–H and O–H groups in total. The molecule has 0 aromatic heterocycles. The molecule has 0 spiro atoms. The number of halogens is 1. The van der Waals surface area contributed by atoms with E-state index in [0.717, 1.165) is 18.5 Å². The van der Waals surface area contributed by atoms with E-state index < -0.39 is 0 Å². The van der Waals surface area contributed by atoms with Crippen molar-refractivity contribution in [3.8, 4) is 0 Å². The standard InChI is InChI=1S/C13H16FN.C2H6/c1-3-5-8-12(4-2)15-13-9-6-7-11(14)10-13;1-2/h3-4,6-7,9-10,12,15H,1-2,5,8H2;1-2H3. The minimum atomic E-state index is -0.230. The molecule has 0 radical (unpaired) electrons. The van der Waals surface area contributed by atoms with Gasteiger partial charge in [0.2, 0.25) is 0 Å². The molecule has 0 amide bonds. The first kappa shape index (κ1) is 15.4. The van der Waals surface area contributed by atoms with E-state index in [4.69, 9.17) is 0 Å². The number of hydrogen-bond donors (Lipinski definition) is 1. The Labute approximate surface area is 104 Å². The van der Waals surface area contributed by atoms with E-state index >= 15 is 0 Å². The van der Waals surface area contributed by atoms with Crippen LogP contribution in [0.25, 0.3) is 0 Å². The Bertz CT molecular complexity index is 333. The Kier molecular flexibility index (Phi) is 8.75. The number of nitrogens with one attached hydrogen (secondary N) is 1. The van der Waals surface area contributed by atoms with Gasteiger partial charge in [-0.15, -0.1) is 13.2 Å². The van der Waals surface area contributed by atoms with Gasteiger partial charge in [-0.2, -0.15) is 0 Å². The summed E-state index contributed by atoms with van der Waals surface area (Å²) in [6.45, 7) is 11.4. The van der Waals surface area contributed by atoms with Gasteiger partial charge in [0.25, 0.3) is 0 Å². The second-order valence-electron chi connectivity index (χ2n) is 3.36. The van der Waals surface area contributed by atoms with Crippen LogP contribution >= 0.6 is 0 Å². The van der Waals surface area contributed by atoms with Crippen molar-refractivity contribution in [2.45, 2.75) is 32.7 Å². The van der Waals surface area contributed by atoms with Crippen LogP contribution in [0.4, 0.5) is 10.1 Å². The number of benzene rings is 1. The van der Waals surface area contributed by atoms with Crippen LogP contribution in [0.15, 0.2) is 49.6 Å². The zero-order valence-corrected chi connectivity index (χ0v) is 10.7. The fourth-order valence-corrected chi connectivity index (χ4v) is 1.34. The van der Waals surface area contributed by atoms with Crippen LogP contribution in [0.2, 0.25) is 0 Å². The SMILES string of the molecule is C=CCCC(C=C)Nc1cccc(F)c1.CC. The molecule has 17 heavy (non-hydrogen) atoms. The Morgan fingerprint density at radius 1 is 1.35 bits per heavy atom. The highest BCUT2D eigenvalue weighted by molar-refractivity contribution is 5.44. The maximum Gasteiger partial charge on any atom is 0.125 e. The predicted octanol–water partition coefficient (Wildman–Crippen LogP) is 4.78. The van der Waals surface area contributed by atoms with Gasteiger partial charge in [-0.3, -0.25) is 0 Å². The first-order valence-electron chi connectivity index (χ1n) is 6.02. The average molecular weight is 235 g/mol.